The summed E-state index contributed by atoms with van der Waals surface area (Å²) >= 11 is 0. The molecule has 2 aromatic carbocycles. The maximum absolute atomic E-state index is 11.1. The van der Waals surface area contributed by atoms with Crippen molar-refractivity contribution in [2.75, 3.05) is 0 Å². The summed E-state index contributed by atoms with van der Waals surface area (Å²) in [6.07, 6.45) is 4.46. The average molecular weight is 318 g/mol. The van der Waals surface area contributed by atoms with Gasteiger partial charge in [0.1, 0.15) is 5.78 Å². The summed E-state index contributed by atoms with van der Waals surface area (Å²) in [4.78, 5) is 15.8. The van der Waals surface area contributed by atoms with Crippen LogP contribution in [0.5, 0.6) is 0 Å². The standard InChI is InChI=1S/C21H22N2O/c1-17(24)10-8-9-15-23-16-22-20(18-11-4-2-5-12-18)21(23)19-13-6-3-7-14-19/h2-7,11-14,16H,8-10,15H2,1H3. The SMILES string of the molecule is CC(=O)CCCCn1cnc(-c2ccccc2)c1-c1ccccc1. The molecule has 122 valence electrons. The van der Waals surface area contributed by atoms with Crippen molar-refractivity contribution in [1.29, 1.82) is 0 Å². The van der Waals surface area contributed by atoms with Gasteiger partial charge in [0, 0.05) is 24.1 Å². The van der Waals surface area contributed by atoms with Crippen LogP contribution in [-0.2, 0) is 11.3 Å². The average Bonchev–Trinajstić information content (AvgIpc) is 3.04. The summed E-state index contributed by atoms with van der Waals surface area (Å²) in [7, 11) is 0. The Kier molecular flexibility index (Phi) is 5.22. The van der Waals surface area contributed by atoms with E-state index in [0.29, 0.717) is 6.42 Å². The van der Waals surface area contributed by atoms with Gasteiger partial charge >= 0.3 is 0 Å². The van der Waals surface area contributed by atoms with E-state index in [9.17, 15) is 4.79 Å². The van der Waals surface area contributed by atoms with Crippen LogP contribution >= 0.6 is 0 Å². The van der Waals surface area contributed by atoms with Gasteiger partial charge in [-0.25, -0.2) is 4.98 Å². The summed E-state index contributed by atoms with van der Waals surface area (Å²) in [5.74, 6) is 0.258. The third-order valence-corrected chi connectivity index (χ3v) is 4.11. The Balaban J connectivity index is 1.92. The molecule has 0 saturated carbocycles. The van der Waals surface area contributed by atoms with E-state index in [2.05, 4.69) is 45.9 Å². The number of carbonyl (C=O) groups is 1. The number of unbranched alkanes of at least 4 members (excludes halogenated alkanes) is 1. The van der Waals surface area contributed by atoms with Crippen molar-refractivity contribution in [2.24, 2.45) is 0 Å². The van der Waals surface area contributed by atoms with E-state index in [1.807, 2.05) is 30.6 Å². The fraction of sp³-hybridized carbons (Fsp3) is 0.238. The molecule has 3 aromatic rings. The van der Waals surface area contributed by atoms with Crippen LogP contribution in [0.2, 0.25) is 0 Å². The number of benzene rings is 2. The van der Waals surface area contributed by atoms with Gasteiger partial charge in [-0.15, -0.1) is 0 Å². The molecule has 3 nitrogen and oxygen atoms in total. The lowest BCUT2D eigenvalue weighted by Crippen LogP contribution is -2.00. The van der Waals surface area contributed by atoms with Crippen molar-refractivity contribution in [3.8, 4) is 22.5 Å². The highest BCUT2D eigenvalue weighted by Crippen LogP contribution is 2.31. The number of rotatable bonds is 7. The predicted octanol–water partition coefficient (Wildman–Crippen LogP) is 4.98. The normalized spacial score (nSPS) is 10.7. The quantitative estimate of drug-likeness (QED) is 0.576. The molecule has 0 amide bonds. The van der Waals surface area contributed by atoms with Crippen LogP contribution in [0.25, 0.3) is 22.5 Å². The highest BCUT2D eigenvalue weighted by Gasteiger charge is 2.14. The molecule has 0 spiro atoms. The van der Waals surface area contributed by atoms with Crippen LogP contribution in [0.4, 0.5) is 0 Å². The van der Waals surface area contributed by atoms with Crippen LogP contribution in [0.3, 0.4) is 0 Å². The molecule has 1 heterocycles. The number of aryl methyl sites for hydroxylation is 1. The number of ketones is 1. The second-order valence-electron chi connectivity index (χ2n) is 6.03. The highest BCUT2D eigenvalue weighted by molar-refractivity contribution is 5.78. The Morgan fingerprint density at radius 1 is 0.917 bits per heavy atom. The monoisotopic (exact) mass is 318 g/mol. The summed E-state index contributed by atoms with van der Waals surface area (Å²) in [5, 5.41) is 0. The van der Waals surface area contributed by atoms with Gasteiger partial charge in [0.15, 0.2) is 0 Å². The largest absolute Gasteiger partial charge is 0.330 e. The molecule has 0 saturated heterocycles. The van der Waals surface area contributed by atoms with Crippen LogP contribution in [0, 0.1) is 0 Å². The predicted molar refractivity (Wildman–Crippen MR) is 97.6 cm³/mol. The highest BCUT2D eigenvalue weighted by atomic mass is 16.1. The van der Waals surface area contributed by atoms with E-state index in [-0.39, 0.29) is 5.78 Å². The summed E-state index contributed by atoms with van der Waals surface area (Å²) in [6, 6.07) is 20.7. The molecular formula is C21H22N2O. The lowest BCUT2D eigenvalue weighted by atomic mass is 10.0. The molecule has 0 N–H and O–H groups in total. The number of carbonyl (C=O) groups excluding carboxylic acids is 1. The molecule has 0 unspecified atom stereocenters. The van der Waals surface area contributed by atoms with E-state index in [0.717, 1.165) is 36.3 Å². The zero-order chi connectivity index (χ0) is 16.8. The second-order valence-corrected chi connectivity index (χ2v) is 6.03. The molecule has 0 radical (unpaired) electrons. The minimum Gasteiger partial charge on any atom is -0.330 e. The maximum Gasteiger partial charge on any atom is 0.129 e. The molecule has 0 aliphatic heterocycles. The third-order valence-electron chi connectivity index (χ3n) is 4.11. The molecule has 0 fully saturated rings. The number of imidazole rings is 1. The molecule has 0 aliphatic carbocycles. The van der Waals surface area contributed by atoms with Gasteiger partial charge < -0.3 is 9.36 Å². The first-order valence-corrected chi connectivity index (χ1v) is 8.41. The molecule has 0 aliphatic rings. The topological polar surface area (TPSA) is 34.9 Å². The molecular weight excluding hydrogens is 296 g/mol. The van der Waals surface area contributed by atoms with Gasteiger partial charge in [0.25, 0.3) is 0 Å². The molecule has 0 atom stereocenters. The van der Waals surface area contributed by atoms with Crippen LogP contribution in [0.15, 0.2) is 67.0 Å². The fourth-order valence-electron chi connectivity index (χ4n) is 2.91. The van der Waals surface area contributed by atoms with E-state index < -0.39 is 0 Å². The van der Waals surface area contributed by atoms with Crippen molar-refractivity contribution in [1.82, 2.24) is 9.55 Å². The first kappa shape index (κ1) is 16.2. The lowest BCUT2D eigenvalue weighted by Gasteiger charge is -2.10. The van der Waals surface area contributed by atoms with Crippen LogP contribution in [0.1, 0.15) is 26.2 Å². The fourth-order valence-corrected chi connectivity index (χ4v) is 2.91. The molecule has 3 heteroatoms. The Morgan fingerprint density at radius 2 is 1.54 bits per heavy atom. The van der Waals surface area contributed by atoms with Gasteiger partial charge in [0.2, 0.25) is 0 Å². The van der Waals surface area contributed by atoms with Crippen molar-refractivity contribution in [3.05, 3.63) is 67.0 Å². The first-order valence-electron chi connectivity index (χ1n) is 8.41. The molecule has 0 bridgehead atoms. The van der Waals surface area contributed by atoms with Crippen LogP contribution < -0.4 is 0 Å². The van der Waals surface area contributed by atoms with Gasteiger partial charge in [-0.3, -0.25) is 0 Å². The second kappa shape index (κ2) is 7.73. The van der Waals surface area contributed by atoms with E-state index in [1.54, 1.807) is 6.92 Å². The lowest BCUT2D eigenvalue weighted by molar-refractivity contribution is -0.117. The minimum absolute atomic E-state index is 0.258. The zero-order valence-corrected chi connectivity index (χ0v) is 14.0. The number of aromatic nitrogens is 2. The molecule has 1 aromatic heterocycles. The van der Waals surface area contributed by atoms with Crippen molar-refractivity contribution in [3.63, 3.8) is 0 Å². The number of nitrogens with zero attached hydrogens (tertiary/aromatic N) is 2. The third kappa shape index (κ3) is 3.80. The van der Waals surface area contributed by atoms with Crippen molar-refractivity contribution in [2.45, 2.75) is 32.7 Å². The Bertz CT molecular complexity index is 791. The maximum atomic E-state index is 11.1. The Labute approximate surface area is 143 Å². The number of Topliss-reactive ketones (excluding diaryl/α,β-unsaturated/α-hetero) is 1. The summed E-state index contributed by atoms with van der Waals surface area (Å²) in [5.41, 5.74) is 4.44. The molecule has 24 heavy (non-hydrogen) atoms. The zero-order valence-electron chi connectivity index (χ0n) is 14.0. The Morgan fingerprint density at radius 3 is 2.17 bits per heavy atom. The van der Waals surface area contributed by atoms with Gasteiger partial charge in [-0.05, 0) is 19.8 Å². The Hall–Kier alpha value is -2.68. The van der Waals surface area contributed by atoms with Crippen molar-refractivity contribution < 1.29 is 4.79 Å². The minimum atomic E-state index is 0.258. The smallest absolute Gasteiger partial charge is 0.129 e. The van der Waals surface area contributed by atoms with Crippen molar-refractivity contribution >= 4 is 5.78 Å². The first-order chi connectivity index (χ1) is 11.8. The number of hydrogen-bond donors (Lipinski definition) is 0. The van der Waals surface area contributed by atoms with E-state index in [1.165, 1.54) is 5.56 Å². The van der Waals surface area contributed by atoms with E-state index >= 15 is 0 Å². The van der Waals surface area contributed by atoms with Gasteiger partial charge in [-0.2, -0.15) is 0 Å². The summed E-state index contributed by atoms with van der Waals surface area (Å²) < 4.78 is 2.21. The molecule has 3 rings (SSSR count). The number of hydrogen-bond acceptors (Lipinski definition) is 2. The van der Waals surface area contributed by atoms with E-state index in [4.69, 9.17) is 0 Å². The van der Waals surface area contributed by atoms with Crippen LogP contribution in [-0.4, -0.2) is 15.3 Å². The van der Waals surface area contributed by atoms with Gasteiger partial charge in [-0.1, -0.05) is 60.7 Å². The summed E-state index contributed by atoms with van der Waals surface area (Å²) in [6.45, 7) is 2.53. The van der Waals surface area contributed by atoms with Gasteiger partial charge in [0.05, 0.1) is 17.7 Å².